The minimum Gasteiger partial charge on any atom is -0.312 e. The van der Waals surface area contributed by atoms with Crippen LogP contribution < -0.4 is 5.32 Å². The molecule has 92 valence electrons. The highest BCUT2D eigenvalue weighted by Gasteiger charge is 1.98. The maximum Gasteiger partial charge on any atom is 0.0534 e. The molecule has 0 bridgehead atoms. The number of nitrogens with one attached hydrogen (secondary N) is 1. The third-order valence-corrected chi connectivity index (χ3v) is 2.69. The first-order valence-electron chi connectivity index (χ1n) is 5.97. The summed E-state index contributed by atoms with van der Waals surface area (Å²) in [4.78, 5) is 0. The Kier molecular flexibility index (Phi) is 3.93. The van der Waals surface area contributed by atoms with E-state index in [1.807, 2.05) is 28.8 Å². The molecule has 2 aromatic rings. The highest BCUT2D eigenvalue weighted by molar-refractivity contribution is 5.05. The summed E-state index contributed by atoms with van der Waals surface area (Å²) in [6.07, 6.45) is 8.97. The van der Waals surface area contributed by atoms with Crippen molar-refractivity contribution in [1.29, 1.82) is 0 Å². The van der Waals surface area contributed by atoms with Crippen LogP contribution >= 0.6 is 0 Å². The molecule has 17 heavy (non-hydrogen) atoms. The Balaban J connectivity index is 1.69. The molecule has 0 unspecified atom stereocenters. The van der Waals surface area contributed by atoms with Gasteiger partial charge in [-0.25, -0.2) is 0 Å². The standard InChI is InChI=1S/C12H19N5/c1-3-17-10-12(8-15-17)6-13-5-4-11-7-14-16(2)9-11/h7-10,13H,3-6H2,1-2H3. The Labute approximate surface area is 101 Å². The number of hydrogen-bond donors (Lipinski definition) is 1. The molecule has 5 nitrogen and oxygen atoms in total. The molecule has 0 saturated carbocycles. The third-order valence-electron chi connectivity index (χ3n) is 2.69. The minimum absolute atomic E-state index is 0.875. The van der Waals surface area contributed by atoms with E-state index in [4.69, 9.17) is 0 Å². The van der Waals surface area contributed by atoms with Crippen LogP contribution in [0.5, 0.6) is 0 Å². The van der Waals surface area contributed by atoms with Gasteiger partial charge in [0.05, 0.1) is 12.4 Å². The van der Waals surface area contributed by atoms with E-state index in [1.54, 1.807) is 0 Å². The lowest BCUT2D eigenvalue weighted by molar-refractivity contribution is 0.655. The molecule has 2 heterocycles. The van der Waals surface area contributed by atoms with Crippen LogP contribution in [0.3, 0.4) is 0 Å². The summed E-state index contributed by atoms with van der Waals surface area (Å²) in [7, 11) is 1.94. The first-order valence-corrected chi connectivity index (χ1v) is 5.97. The Morgan fingerprint density at radius 2 is 2.00 bits per heavy atom. The molecule has 0 amide bonds. The number of hydrogen-bond acceptors (Lipinski definition) is 3. The lowest BCUT2D eigenvalue weighted by Crippen LogP contribution is -2.16. The topological polar surface area (TPSA) is 47.7 Å². The maximum absolute atomic E-state index is 4.24. The molecule has 0 aliphatic carbocycles. The Morgan fingerprint density at radius 3 is 2.65 bits per heavy atom. The Hall–Kier alpha value is -1.62. The zero-order valence-electron chi connectivity index (χ0n) is 10.4. The summed E-state index contributed by atoms with van der Waals surface area (Å²) in [6, 6.07) is 0. The van der Waals surface area contributed by atoms with Crippen LogP contribution in [0.25, 0.3) is 0 Å². The first-order chi connectivity index (χ1) is 8.28. The summed E-state index contributed by atoms with van der Waals surface area (Å²) in [6.45, 7) is 4.85. The van der Waals surface area contributed by atoms with Gasteiger partial charge in [-0.2, -0.15) is 10.2 Å². The van der Waals surface area contributed by atoms with Crippen molar-refractivity contribution in [3.63, 3.8) is 0 Å². The fourth-order valence-electron chi connectivity index (χ4n) is 1.74. The van der Waals surface area contributed by atoms with E-state index >= 15 is 0 Å². The lowest BCUT2D eigenvalue weighted by Gasteiger charge is -2.00. The van der Waals surface area contributed by atoms with Crippen LogP contribution in [-0.2, 0) is 26.6 Å². The van der Waals surface area contributed by atoms with Gasteiger partial charge in [0.25, 0.3) is 0 Å². The molecule has 0 aromatic carbocycles. The van der Waals surface area contributed by atoms with Crippen LogP contribution in [0.15, 0.2) is 24.8 Å². The van der Waals surface area contributed by atoms with E-state index in [0.29, 0.717) is 0 Å². The quantitative estimate of drug-likeness (QED) is 0.756. The van der Waals surface area contributed by atoms with Crippen LogP contribution in [-0.4, -0.2) is 26.1 Å². The van der Waals surface area contributed by atoms with Gasteiger partial charge in [0.1, 0.15) is 0 Å². The van der Waals surface area contributed by atoms with Gasteiger partial charge in [-0.1, -0.05) is 0 Å². The summed E-state index contributed by atoms with van der Waals surface area (Å²) in [5.41, 5.74) is 2.50. The van der Waals surface area contributed by atoms with Gasteiger partial charge in [-0.05, 0) is 25.5 Å². The minimum atomic E-state index is 0.875. The average Bonchev–Trinajstić information content (AvgIpc) is 2.93. The second kappa shape index (κ2) is 5.63. The van der Waals surface area contributed by atoms with Crippen molar-refractivity contribution in [3.8, 4) is 0 Å². The zero-order valence-corrected chi connectivity index (χ0v) is 10.4. The van der Waals surface area contributed by atoms with Gasteiger partial charge >= 0.3 is 0 Å². The van der Waals surface area contributed by atoms with E-state index in [-0.39, 0.29) is 0 Å². The molecule has 0 aliphatic heterocycles. The molecular weight excluding hydrogens is 214 g/mol. The Morgan fingerprint density at radius 1 is 1.18 bits per heavy atom. The van der Waals surface area contributed by atoms with Crippen molar-refractivity contribution in [2.75, 3.05) is 6.54 Å². The molecule has 1 N–H and O–H groups in total. The summed E-state index contributed by atoms with van der Waals surface area (Å²) in [5.74, 6) is 0. The van der Waals surface area contributed by atoms with E-state index in [2.05, 4.69) is 34.8 Å². The summed E-state index contributed by atoms with van der Waals surface area (Å²) in [5, 5.41) is 11.8. The third kappa shape index (κ3) is 3.42. The highest BCUT2D eigenvalue weighted by Crippen LogP contribution is 1.99. The van der Waals surface area contributed by atoms with Crippen molar-refractivity contribution in [2.24, 2.45) is 7.05 Å². The predicted molar refractivity (Wildman–Crippen MR) is 66.5 cm³/mol. The first kappa shape index (κ1) is 11.9. The predicted octanol–water partition coefficient (Wildman–Crippen LogP) is 0.969. The van der Waals surface area contributed by atoms with Gasteiger partial charge < -0.3 is 5.32 Å². The molecule has 0 atom stereocenters. The molecule has 5 heteroatoms. The van der Waals surface area contributed by atoms with E-state index < -0.39 is 0 Å². The molecule has 0 fully saturated rings. The largest absolute Gasteiger partial charge is 0.312 e. The van der Waals surface area contributed by atoms with Crippen molar-refractivity contribution < 1.29 is 0 Å². The number of nitrogens with zero attached hydrogens (tertiary/aromatic N) is 4. The fraction of sp³-hybridized carbons (Fsp3) is 0.500. The summed E-state index contributed by atoms with van der Waals surface area (Å²) < 4.78 is 3.78. The average molecular weight is 233 g/mol. The Bertz CT molecular complexity index is 457. The molecule has 0 spiro atoms. The van der Waals surface area contributed by atoms with E-state index in [1.165, 1.54) is 11.1 Å². The molecule has 2 rings (SSSR count). The van der Waals surface area contributed by atoms with Gasteiger partial charge in [-0.3, -0.25) is 9.36 Å². The second-order valence-corrected chi connectivity index (χ2v) is 4.15. The van der Waals surface area contributed by atoms with E-state index in [0.717, 1.165) is 26.1 Å². The van der Waals surface area contributed by atoms with Gasteiger partial charge in [0, 0.05) is 38.1 Å². The van der Waals surface area contributed by atoms with Gasteiger partial charge in [0.2, 0.25) is 0 Å². The zero-order chi connectivity index (χ0) is 12.1. The summed E-state index contributed by atoms with van der Waals surface area (Å²) >= 11 is 0. The van der Waals surface area contributed by atoms with Crippen molar-refractivity contribution in [2.45, 2.75) is 26.4 Å². The molecule has 0 aliphatic rings. The highest BCUT2D eigenvalue weighted by atomic mass is 15.3. The molecule has 0 radical (unpaired) electrons. The lowest BCUT2D eigenvalue weighted by atomic mass is 10.2. The van der Waals surface area contributed by atoms with Crippen molar-refractivity contribution >= 4 is 0 Å². The monoisotopic (exact) mass is 233 g/mol. The molecular formula is C12H19N5. The SMILES string of the molecule is CCn1cc(CNCCc2cnn(C)c2)cn1. The maximum atomic E-state index is 4.24. The fourth-order valence-corrected chi connectivity index (χ4v) is 1.74. The normalized spacial score (nSPS) is 10.9. The number of rotatable bonds is 6. The van der Waals surface area contributed by atoms with Gasteiger partial charge in [0.15, 0.2) is 0 Å². The smallest absolute Gasteiger partial charge is 0.0534 e. The van der Waals surface area contributed by atoms with Crippen molar-refractivity contribution in [1.82, 2.24) is 24.9 Å². The van der Waals surface area contributed by atoms with Crippen molar-refractivity contribution in [3.05, 3.63) is 35.9 Å². The molecule has 2 aromatic heterocycles. The number of aromatic nitrogens is 4. The van der Waals surface area contributed by atoms with Crippen LogP contribution in [0.2, 0.25) is 0 Å². The van der Waals surface area contributed by atoms with Crippen LogP contribution in [0.4, 0.5) is 0 Å². The molecule has 0 saturated heterocycles. The number of aryl methyl sites for hydroxylation is 2. The van der Waals surface area contributed by atoms with Crippen LogP contribution in [0, 0.1) is 0 Å². The van der Waals surface area contributed by atoms with E-state index in [9.17, 15) is 0 Å². The second-order valence-electron chi connectivity index (χ2n) is 4.15. The van der Waals surface area contributed by atoms with Crippen LogP contribution in [0.1, 0.15) is 18.1 Å². The van der Waals surface area contributed by atoms with Gasteiger partial charge in [-0.15, -0.1) is 0 Å².